The third-order valence-electron chi connectivity index (χ3n) is 5.21. The van der Waals surface area contributed by atoms with E-state index in [0.717, 1.165) is 12.2 Å². The predicted molar refractivity (Wildman–Crippen MR) is 78.4 cm³/mol. The Hall–Kier alpha value is -1.02. The maximum Gasteiger partial charge on any atom is 0.119 e. The zero-order valence-electron chi connectivity index (χ0n) is 12.1. The van der Waals surface area contributed by atoms with E-state index in [0.29, 0.717) is 18.1 Å². The Bertz CT molecular complexity index is 431. The first-order valence-electron chi connectivity index (χ1n) is 7.64. The largest absolute Gasteiger partial charge is 0.490 e. The molecule has 1 spiro atoms. The van der Waals surface area contributed by atoms with Gasteiger partial charge >= 0.3 is 0 Å². The topological polar surface area (TPSA) is 35.2 Å². The van der Waals surface area contributed by atoms with E-state index < -0.39 is 0 Å². The second kappa shape index (κ2) is 4.82. The molecule has 104 valence electrons. The van der Waals surface area contributed by atoms with Crippen molar-refractivity contribution in [3.05, 3.63) is 29.8 Å². The first-order chi connectivity index (χ1) is 9.12. The Balaban J connectivity index is 1.68. The van der Waals surface area contributed by atoms with E-state index in [1.54, 1.807) is 0 Å². The summed E-state index contributed by atoms with van der Waals surface area (Å²) >= 11 is 0. The summed E-state index contributed by atoms with van der Waals surface area (Å²) in [6.07, 6.45) is 6.51. The first kappa shape index (κ1) is 13.0. The lowest BCUT2D eigenvalue weighted by Gasteiger charge is -2.52. The zero-order valence-corrected chi connectivity index (χ0v) is 12.1. The summed E-state index contributed by atoms with van der Waals surface area (Å²) in [5.74, 6) is 1.58. The Kier molecular flexibility index (Phi) is 3.30. The molecule has 1 aromatic rings. The quantitative estimate of drug-likeness (QED) is 0.895. The van der Waals surface area contributed by atoms with Crippen LogP contribution >= 0.6 is 0 Å². The molecular weight excluding hydrogens is 234 g/mol. The highest BCUT2D eigenvalue weighted by Crippen LogP contribution is 2.53. The van der Waals surface area contributed by atoms with Crippen molar-refractivity contribution < 1.29 is 4.74 Å². The van der Waals surface area contributed by atoms with Gasteiger partial charge in [0.2, 0.25) is 0 Å². The predicted octanol–water partition coefficient (Wildman–Crippen LogP) is 3.85. The number of nitrogens with two attached hydrogens (primary N) is 1. The summed E-state index contributed by atoms with van der Waals surface area (Å²) < 4.78 is 6.21. The average Bonchev–Trinajstić information content (AvgIpc) is 2.91. The van der Waals surface area contributed by atoms with Crippen molar-refractivity contribution in [3.8, 4) is 5.75 Å². The highest BCUT2D eigenvalue weighted by molar-refractivity contribution is 5.30. The molecule has 2 heteroatoms. The summed E-state index contributed by atoms with van der Waals surface area (Å²) in [5.41, 5.74) is 7.90. The second-order valence-corrected chi connectivity index (χ2v) is 6.61. The molecule has 0 bridgehead atoms. The highest BCUT2D eigenvalue weighted by atomic mass is 16.5. The molecule has 0 saturated heterocycles. The van der Waals surface area contributed by atoms with Crippen LogP contribution in [0.1, 0.15) is 57.4 Å². The summed E-state index contributed by atoms with van der Waals surface area (Å²) in [4.78, 5) is 0. The summed E-state index contributed by atoms with van der Waals surface area (Å²) in [7, 11) is 0. The second-order valence-electron chi connectivity index (χ2n) is 6.61. The Morgan fingerprint density at radius 1 is 1.16 bits per heavy atom. The average molecular weight is 259 g/mol. The normalized spacial score (nSPS) is 28.6. The molecule has 2 N–H and O–H groups in total. The molecule has 19 heavy (non-hydrogen) atoms. The minimum atomic E-state index is 0.288. The molecule has 0 amide bonds. The van der Waals surface area contributed by atoms with E-state index in [1.807, 2.05) is 0 Å². The van der Waals surface area contributed by atoms with Crippen molar-refractivity contribution in [1.29, 1.82) is 0 Å². The van der Waals surface area contributed by atoms with E-state index >= 15 is 0 Å². The van der Waals surface area contributed by atoms with Crippen LogP contribution in [0.4, 0.5) is 0 Å². The minimum absolute atomic E-state index is 0.288. The van der Waals surface area contributed by atoms with E-state index in [1.165, 1.54) is 31.2 Å². The maximum absolute atomic E-state index is 6.25. The minimum Gasteiger partial charge on any atom is -0.490 e. The van der Waals surface area contributed by atoms with Gasteiger partial charge in [0.15, 0.2) is 0 Å². The smallest absolute Gasteiger partial charge is 0.119 e. The molecule has 2 aliphatic carbocycles. The molecule has 2 fully saturated rings. The molecule has 2 atom stereocenters. The monoisotopic (exact) mass is 259 g/mol. The lowest BCUT2D eigenvalue weighted by Crippen LogP contribution is -2.62. The van der Waals surface area contributed by atoms with Crippen LogP contribution in [-0.4, -0.2) is 12.1 Å². The van der Waals surface area contributed by atoms with Crippen LogP contribution in [0.15, 0.2) is 24.3 Å². The standard InChI is InChI=1S/C17H25NO/c1-12(2)13-5-7-14(8-6-13)19-16-11-15(18)17(16)9-3-4-10-17/h5-8,12,15-16H,3-4,9-11,18H2,1-2H3. The molecule has 0 radical (unpaired) electrons. The van der Waals surface area contributed by atoms with Crippen LogP contribution in [0.25, 0.3) is 0 Å². The molecule has 2 unspecified atom stereocenters. The molecule has 2 aliphatic rings. The number of hydrogen-bond donors (Lipinski definition) is 1. The third kappa shape index (κ3) is 2.16. The highest BCUT2D eigenvalue weighted by Gasteiger charge is 2.55. The number of hydrogen-bond acceptors (Lipinski definition) is 2. The van der Waals surface area contributed by atoms with Crippen molar-refractivity contribution in [1.82, 2.24) is 0 Å². The van der Waals surface area contributed by atoms with Crippen LogP contribution < -0.4 is 10.5 Å². The van der Waals surface area contributed by atoms with E-state index in [2.05, 4.69) is 38.1 Å². The number of benzene rings is 1. The SMILES string of the molecule is CC(C)c1ccc(OC2CC(N)C23CCCC3)cc1. The van der Waals surface area contributed by atoms with Crippen molar-refractivity contribution in [2.45, 2.75) is 64.0 Å². The number of ether oxygens (including phenoxy) is 1. The van der Waals surface area contributed by atoms with Crippen LogP contribution in [-0.2, 0) is 0 Å². The zero-order chi connectivity index (χ0) is 13.5. The molecular formula is C17H25NO. The van der Waals surface area contributed by atoms with Crippen LogP contribution in [0.5, 0.6) is 5.75 Å². The van der Waals surface area contributed by atoms with Gasteiger partial charge in [0.25, 0.3) is 0 Å². The maximum atomic E-state index is 6.25. The van der Waals surface area contributed by atoms with Crippen LogP contribution in [0, 0.1) is 5.41 Å². The van der Waals surface area contributed by atoms with Gasteiger partial charge in [-0.25, -0.2) is 0 Å². The van der Waals surface area contributed by atoms with Gasteiger partial charge in [0.05, 0.1) is 0 Å². The molecule has 2 nitrogen and oxygen atoms in total. The van der Waals surface area contributed by atoms with Crippen molar-refractivity contribution in [2.24, 2.45) is 11.1 Å². The van der Waals surface area contributed by atoms with Crippen molar-refractivity contribution in [2.75, 3.05) is 0 Å². The van der Waals surface area contributed by atoms with Gasteiger partial charge in [-0.3, -0.25) is 0 Å². The van der Waals surface area contributed by atoms with Gasteiger partial charge in [-0.15, -0.1) is 0 Å². The van der Waals surface area contributed by atoms with E-state index in [9.17, 15) is 0 Å². The third-order valence-corrected chi connectivity index (χ3v) is 5.21. The van der Waals surface area contributed by atoms with Gasteiger partial charge < -0.3 is 10.5 Å². The fourth-order valence-corrected chi connectivity index (χ4v) is 3.77. The van der Waals surface area contributed by atoms with Gasteiger partial charge in [-0.2, -0.15) is 0 Å². The van der Waals surface area contributed by atoms with Crippen LogP contribution in [0.2, 0.25) is 0 Å². The molecule has 0 aromatic heterocycles. The molecule has 0 heterocycles. The lowest BCUT2D eigenvalue weighted by atomic mass is 9.61. The fourth-order valence-electron chi connectivity index (χ4n) is 3.77. The Morgan fingerprint density at radius 2 is 1.79 bits per heavy atom. The first-order valence-corrected chi connectivity index (χ1v) is 7.64. The fraction of sp³-hybridized carbons (Fsp3) is 0.647. The van der Waals surface area contributed by atoms with Gasteiger partial charge in [0.1, 0.15) is 11.9 Å². The lowest BCUT2D eigenvalue weighted by molar-refractivity contribution is -0.0620. The van der Waals surface area contributed by atoms with E-state index in [4.69, 9.17) is 10.5 Å². The molecule has 0 aliphatic heterocycles. The van der Waals surface area contributed by atoms with Crippen molar-refractivity contribution in [3.63, 3.8) is 0 Å². The van der Waals surface area contributed by atoms with E-state index in [-0.39, 0.29) is 5.41 Å². The molecule has 3 rings (SSSR count). The summed E-state index contributed by atoms with van der Waals surface area (Å²) in [6.45, 7) is 4.43. The summed E-state index contributed by atoms with van der Waals surface area (Å²) in [6, 6.07) is 8.94. The molecule has 2 saturated carbocycles. The van der Waals surface area contributed by atoms with Gasteiger partial charge in [-0.05, 0) is 36.5 Å². The Labute approximate surface area is 116 Å². The number of rotatable bonds is 3. The van der Waals surface area contributed by atoms with Crippen LogP contribution in [0.3, 0.4) is 0 Å². The summed E-state index contributed by atoms with van der Waals surface area (Å²) in [5, 5.41) is 0. The van der Waals surface area contributed by atoms with Crippen molar-refractivity contribution >= 4 is 0 Å². The van der Waals surface area contributed by atoms with Gasteiger partial charge in [0, 0.05) is 17.9 Å². The molecule has 1 aromatic carbocycles. The Morgan fingerprint density at radius 3 is 2.32 bits per heavy atom. The van der Waals surface area contributed by atoms with Gasteiger partial charge in [-0.1, -0.05) is 38.8 Å².